The molecule has 2 N–H and O–H groups in total. The van der Waals surface area contributed by atoms with Crippen molar-refractivity contribution in [3.05, 3.63) is 59.4 Å². The number of hydrogen-bond acceptors (Lipinski definition) is 5. The molecule has 1 atom stereocenters. The highest BCUT2D eigenvalue weighted by molar-refractivity contribution is 5.42. The summed E-state index contributed by atoms with van der Waals surface area (Å²) in [4.78, 5) is 6.71. The van der Waals surface area contributed by atoms with Crippen molar-refractivity contribution >= 4 is 0 Å². The number of aliphatic hydroxyl groups is 1. The second-order valence-electron chi connectivity index (χ2n) is 10.1. The number of likely N-dealkylation sites (tertiary alicyclic amines) is 1. The molecule has 5 nitrogen and oxygen atoms in total. The van der Waals surface area contributed by atoms with Crippen LogP contribution in [-0.4, -0.2) is 54.8 Å². The summed E-state index contributed by atoms with van der Waals surface area (Å²) in [5.41, 5.74) is 1.58. The lowest BCUT2D eigenvalue weighted by Gasteiger charge is -2.55. The van der Waals surface area contributed by atoms with Gasteiger partial charge >= 0.3 is 0 Å². The van der Waals surface area contributed by atoms with Gasteiger partial charge in [-0.2, -0.15) is 0 Å². The Balaban J connectivity index is 1.64. The van der Waals surface area contributed by atoms with Gasteiger partial charge in [-0.1, -0.05) is 45.0 Å². The molecule has 2 aliphatic heterocycles. The highest BCUT2D eigenvalue weighted by Gasteiger charge is 2.55. The number of ether oxygens (including phenoxy) is 1. The third-order valence-electron chi connectivity index (χ3n) is 7.18. The molecule has 5 heteroatoms. The molecule has 2 aromatic rings. The number of nitrogens with one attached hydrogen (secondary N) is 1. The van der Waals surface area contributed by atoms with Gasteiger partial charge in [0.15, 0.2) is 0 Å². The summed E-state index contributed by atoms with van der Waals surface area (Å²) < 4.78 is 6.14. The van der Waals surface area contributed by atoms with Gasteiger partial charge in [0.05, 0.1) is 12.8 Å². The first kappa shape index (κ1) is 22.3. The molecule has 0 spiro atoms. The minimum Gasteiger partial charge on any atom is -0.492 e. The van der Waals surface area contributed by atoms with Crippen LogP contribution in [0.2, 0.25) is 0 Å². The fourth-order valence-corrected chi connectivity index (χ4v) is 5.30. The predicted octanol–water partition coefficient (Wildman–Crippen LogP) is 3.77. The maximum absolute atomic E-state index is 12.3. The van der Waals surface area contributed by atoms with Gasteiger partial charge in [0, 0.05) is 30.3 Å². The van der Waals surface area contributed by atoms with Crippen LogP contribution in [0.15, 0.2) is 42.7 Å². The molecule has 168 valence electrons. The maximum atomic E-state index is 12.3. The zero-order valence-corrected chi connectivity index (χ0v) is 19.4. The molecule has 0 radical (unpaired) electrons. The Labute approximate surface area is 186 Å². The van der Waals surface area contributed by atoms with Crippen LogP contribution >= 0.6 is 0 Å². The molecule has 1 aromatic carbocycles. The summed E-state index contributed by atoms with van der Waals surface area (Å²) in [6.07, 6.45) is 5.85. The first-order valence-electron chi connectivity index (χ1n) is 11.6. The van der Waals surface area contributed by atoms with Crippen molar-refractivity contribution in [3.63, 3.8) is 0 Å². The van der Waals surface area contributed by atoms with Gasteiger partial charge in [-0.05, 0) is 62.0 Å². The molecular formula is C26H37N3O2. The number of benzene rings is 1. The normalized spacial score (nSPS) is 21.5. The average Bonchev–Trinajstić information content (AvgIpc) is 2.77. The minimum atomic E-state index is -1.13. The lowest BCUT2D eigenvalue weighted by atomic mass is 9.62. The van der Waals surface area contributed by atoms with Crippen molar-refractivity contribution in [2.75, 3.05) is 39.8 Å². The van der Waals surface area contributed by atoms with Crippen molar-refractivity contribution in [3.8, 4) is 5.75 Å². The van der Waals surface area contributed by atoms with E-state index in [9.17, 15) is 5.11 Å². The van der Waals surface area contributed by atoms with Gasteiger partial charge in [-0.3, -0.25) is 4.98 Å². The zero-order chi connectivity index (χ0) is 22.1. The van der Waals surface area contributed by atoms with Gasteiger partial charge in [-0.15, -0.1) is 0 Å². The van der Waals surface area contributed by atoms with Gasteiger partial charge < -0.3 is 20.1 Å². The van der Waals surface area contributed by atoms with E-state index in [0.717, 1.165) is 55.9 Å². The van der Waals surface area contributed by atoms with Crippen LogP contribution in [0.25, 0.3) is 0 Å². The molecular weight excluding hydrogens is 386 g/mol. The number of pyridine rings is 1. The fourth-order valence-electron chi connectivity index (χ4n) is 5.30. The molecule has 3 heterocycles. The molecule has 0 saturated carbocycles. The van der Waals surface area contributed by atoms with Crippen molar-refractivity contribution in [1.29, 1.82) is 0 Å². The van der Waals surface area contributed by atoms with E-state index in [1.807, 2.05) is 6.07 Å². The molecule has 0 amide bonds. The second-order valence-corrected chi connectivity index (χ2v) is 10.1. The Morgan fingerprint density at radius 1 is 1.16 bits per heavy atom. The molecule has 2 saturated heterocycles. The standard InChI is InChI=1S/C26H37N3O2/c1-19(2)21-5-7-22(8-6-21)26(30,25(3)17-29(4)18-25)23-13-24(15-28-14-23)31-16-20-9-11-27-12-10-20/h5-8,13-15,19-20,27,30H,9-12,16-18H2,1-4H3/t26-/m0/s1. The summed E-state index contributed by atoms with van der Waals surface area (Å²) in [6, 6.07) is 10.4. The first-order valence-corrected chi connectivity index (χ1v) is 11.6. The van der Waals surface area contributed by atoms with Crippen molar-refractivity contribution in [1.82, 2.24) is 15.2 Å². The van der Waals surface area contributed by atoms with Crippen LogP contribution in [0, 0.1) is 11.3 Å². The van der Waals surface area contributed by atoms with E-state index in [1.54, 1.807) is 12.4 Å². The van der Waals surface area contributed by atoms with Gasteiger partial charge in [-0.25, -0.2) is 0 Å². The van der Waals surface area contributed by atoms with Crippen molar-refractivity contribution in [2.24, 2.45) is 11.3 Å². The van der Waals surface area contributed by atoms with Crippen LogP contribution in [0.1, 0.15) is 56.2 Å². The lowest BCUT2D eigenvalue weighted by molar-refractivity contribution is -0.127. The Hall–Kier alpha value is -1.95. The number of piperidine rings is 1. The fraction of sp³-hybridized carbons (Fsp3) is 0.577. The SMILES string of the molecule is CC(C)c1ccc([C@](O)(c2cncc(OCC3CCNCC3)c2)C2(C)CN(C)C2)cc1. The zero-order valence-electron chi connectivity index (χ0n) is 19.4. The molecule has 2 fully saturated rings. The monoisotopic (exact) mass is 423 g/mol. The quantitative estimate of drug-likeness (QED) is 0.710. The van der Waals surface area contributed by atoms with Crippen LogP contribution in [0.5, 0.6) is 5.75 Å². The Kier molecular flexibility index (Phi) is 6.38. The summed E-state index contributed by atoms with van der Waals surface area (Å²) in [6.45, 7) is 11.0. The average molecular weight is 424 g/mol. The Bertz CT molecular complexity index is 870. The highest BCUT2D eigenvalue weighted by atomic mass is 16.5. The van der Waals surface area contributed by atoms with Crippen LogP contribution in [0.3, 0.4) is 0 Å². The van der Waals surface area contributed by atoms with E-state index in [-0.39, 0.29) is 5.41 Å². The van der Waals surface area contributed by atoms with Crippen LogP contribution in [0.4, 0.5) is 0 Å². The van der Waals surface area contributed by atoms with Crippen LogP contribution in [-0.2, 0) is 5.60 Å². The molecule has 0 unspecified atom stereocenters. The predicted molar refractivity (Wildman–Crippen MR) is 124 cm³/mol. The highest BCUT2D eigenvalue weighted by Crippen LogP contribution is 2.50. The first-order chi connectivity index (χ1) is 14.8. The summed E-state index contributed by atoms with van der Waals surface area (Å²) >= 11 is 0. The van der Waals surface area contributed by atoms with Crippen molar-refractivity contribution in [2.45, 2.75) is 45.1 Å². The van der Waals surface area contributed by atoms with Crippen molar-refractivity contribution < 1.29 is 9.84 Å². The smallest absolute Gasteiger partial charge is 0.137 e. The number of aromatic nitrogens is 1. The lowest BCUT2D eigenvalue weighted by Crippen LogP contribution is -2.63. The summed E-state index contributed by atoms with van der Waals surface area (Å²) in [5.74, 6) is 1.77. The molecule has 1 aromatic heterocycles. The number of rotatable bonds is 7. The second kappa shape index (κ2) is 8.89. The number of nitrogens with zero attached hydrogens (tertiary/aromatic N) is 2. The van der Waals surface area contributed by atoms with E-state index in [2.05, 4.69) is 67.3 Å². The molecule has 2 aliphatic rings. The van der Waals surface area contributed by atoms with E-state index < -0.39 is 5.60 Å². The Morgan fingerprint density at radius 2 is 1.84 bits per heavy atom. The Morgan fingerprint density at radius 3 is 2.45 bits per heavy atom. The third kappa shape index (κ3) is 4.36. The largest absolute Gasteiger partial charge is 0.492 e. The molecule has 31 heavy (non-hydrogen) atoms. The topological polar surface area (TPSA) is 57.6 Å². The molecule has 0 aliphatic carbocycles. The van der Waals surface area contributed by atoms with E-state index in [1.165, 1.54) is 5.56 Å². The van der Waals surface area contributed by atoms with Crippen LogP contribution < -0.4 is 10.1 Å². The van der Waals surface area contributed by atoms with E-state index in [4.69, 9.17) is 4.74 Å². The van der Waals surface area contributed by atoms with Gasteiger partial charge in [0.25, 0.3) is 0 Å². The minimum absolute atomic E-state index is 0.295. The van der Waals surface area contributed by atoms with E-state index in [0.29, 0.717) is 18.4 Å². The third-order valence-corrected chi connectivity index (χ3v) is 7.18. The number of hydrogen-bond donors (Lipinski definition) is 2. The van der Waals surface area contributed by atoms with Gasteiger partial charge in [0.1, 0.15) is 11.4 Å². The maximum Gasteiger partial charge on any atom is 0.137 e. The van der Waals surface area contributed by atoms with Gasteiger partial charge in [0.2, 0.25) is 0 Å². The molecule has 4 rings (SSSR count). The molecule has 0 bridgehead atoms. The summed E-state index contributed by atoms with van der Waals surface area (Å²) in [7, 11) is 2.10. The van der Waals surface area contributed by atoms with E-state index >= 15 is 0 Å². The summed E-state index contributed by atoms with van der Waals surface area (Å²) in [5, 5.41) is 15.7.